The van der Waals surface area contributed by atoms with Crippen LogP contribution in [0.15, 0.2) is 29.8 Å². The number of aryl methyl sites for hydroxylation is 2. The van der Waals surface area contributed by atoms with Gasteiger partial charge in [-0.25, -0.2) is 4.98 Å². The van der Waals surface area contributed by atoms with Crippen LogP contribution < -0.4 is 10.1 Å². The smallest absolute Gasteiger partial charge is 0.226 e. The molecule has 5 heteroatoms. The van der Waals surface area contributed by atoms with Crippen molar-refractivity contribution in [1.82, 2.24) is 4.98 Å². The Labute approximate surface area is 122 Å². The van der Waals surface area contributed by atoms with Gasteiger partial charge in [-0.3, -0.25) is 4.79 Å². The number of ether oxygens (including phenoxy) is 1. The summed E-state index contributed by atoms with van der Waals surface area (Å²) in [7, 11) is 0. The lowest BCUT2D eigenvalue weighted by Gasteiger charge is -2.09. The molecule has 0 saturated heterocycles. The minimum absolute atomic E-state index is 0.0239. The fourth-order valence-corrected chi connectivity index (χ4v) is 2.39. The van der Waals surface area contributed by atoms with E-state index in [9.17, 15) is 4.79 Å². The lowest BCUT2D eigenvalue weighted by atomic mass is 10.1. The number of hydrogen-bond acceptors (Lipinski definition) is 4. The molecule has 0 fully saturated rings. The van der Waals surface area contributed by atoms with Gasteiger partial charge in [-0.2, -0.15) is 0 Å². The van der Waals surface area contributed by atoms with E-state index in [-0.39, 0.29) is 5.91 Å². The molecule has 0 saturated carbocycles. The molecule has 0 aliphatic heterocycles. The first-order valence-corrected chi connectivity index (χ1v) is 7.42. The molecule has 1 heterocycles. The van der Waals surface area contributed by atoms with Gasteiger partial charge in [-0.05, 0) is 31.9 Å². The fraction of sp³-hybridized carbons (Fsp3) is 0.333. The number of carbonyl (C=O) groups is 1. The normalized spacial score (nSPS) is 10.3. The van der Waals surface area contributed by atoms with Crippen molar-refractivity contribution in [2.45, 2.75) is 26.7 Å². The number of aromatic nitrogens is 1. The summed E-state index contributed by atoms with van der Waals surface area (Å²) < 4.78 is 5.68. The quantitative estimate of drug-likeness (QED) is 0.828. The Kier molecular flexibility index (Phi) is 5.12. The Hall–Kier alpha value is -1.88. The number of nitrogens with zero attached hydrogens (tertiary/aromatic N) is 1. The highest BCUT2D eigenvalue weighted by Gasteiger charge is 2.04. The minimum Gasteiger partial charge on any atom is -0.493 e. The van der Waals surface area contributed by atoms with Gasteiger partial charge in [0.05, 0.1) is 6.61 Å². The predicted molar refractivity (Wildman–Crippen MR) is 81.4 cm³/mol. The summed E-state index contributed by atoms with van der Waals surface area (Å²) >= 11 is 1.42. The maximum Gasteiger partial charge on any atom is 0.226 e. The lowest BCUT2D eigenvalue weighted by Crippen LogP contribution is -2.12. The van der Waals surface area contributed by atoms with Gasteiger partial charge in [-0.15, -0.1) is 11.3 Å². The van der Waals surface area contributed by atoms with E-state index in [1.54, 1.807) is 6.20 Å². The van der Waals surface area contributed by atoms with Crippen molar-refractivity contribution in [2.24, 2.45) is 0 Å². The third kappa shape index (κ3) is 4.35. The Morgan fingerprint density at radius 2 is 2.25 bits per heavy atom. The van der Waals surface area contributed by atoms with Crippen molar-refractivity contribution >= 4 is 22.4 Å². The molecular weight excluding hydrogens is 272 g/mol. The van der Waals surface area contributed by atoms with Crippen LogP contribution in [0, 0.1) is 13.8 Å². The molecule has 0 atom stereocenters. The Morgan fingerprint density at radius 3 is 2.95 bits per heavy atom. The summed E-state index contributed by atoms with van der Waals surface area (Å²) in [4.78, 5) is 15.6. The van der Waals surface area contributed by atoms with Crippen LogP contribution in [0.4, 0.5) is 5.13 Å². The van der Waals surface area contributed by atoms with Crippen LogP contribution in [0.1, 0.15) is 24.0 Å². The van der Waals surface area contributed by atoms with Crippen LogP contribution in [-0.2, 0) is 4.79 Å². The molecule has 1 aromatic carbocycles. The minimum atomic E-state index is -0.0239. The molecule has 2 rings (SSSR count). The average molecular weight is 290 g/mol. The van der Waals surface area contributed by atoms with Crippen molar-refractivity contribution in [3.05, 3.63) is 40.9 Å². The first-order valence-electron chi connectivity index (χ1n) is 6.54. The summed E-state index contributed by atoms with van der Waals surface area (Å²) in [5, 5.41) is 5.23. The molecule has 106 valence electrons. The largest absolute Gasteiger partial charge is 0.493 e. The van der Waals surface area contributed by atoms with E-state index >= 15 is 0 Å². The van der Waals surface area contributed by atoms with E-state index in [1.807, 2.05) is 24.4 Å². The van der Waals surface area contributed by atoms with Crippen LogP contribution in [0.25, 0.3) is 0 Å². The second-order valence-corrected chi connectivity index (χ2v) is 5.50. The van der Waals surface area contributed by atoms with E-state index in [0.29, 0.717) is 24.6 Å². The van der Waals surface area contributed by atoms with Crippen molar-refractivity contribution in [2.75, 3.05) is 11.9 Å². The highest BCUT2D eigenvalue weighted by atomic mass is 32.1. The zero-order valence-corrected chi connectivity index (χ0v) is 12.5. The van der Waals surface area contributed by atoms with Gasteiger partial charge < -0.3 is 10.1 Å². The van der Waals surface area contributed by atoms with Gasteiger partial charge in [0.2, 0.25) is 5.91 Å². The maximum absolute atomic E-state index is 11.6. The van der Waals surface area contributed by atoms with Crippen LogP contribution in [0.2, 0.25) is 0 Å². The number of hydrogen-bond donors (Lipinski definition) is 1. The molecule has 0 aliphatic rings. The molecule has 0 aliphatic carbocycles. The summed E-state index contributed by atoms with van der Waals surface area (Å²) in [6.07, 6.45) is 2.79. The lowest BCUT2D eigenvalue weighted by molar-refractivity contribution is -0.116. The monoisotopic (exact) mass is 290 g/mol. The SMILES string of the molecule is Cc1ccc(OCCCC(=O)Nc2nccs2)c(C)c1. The van der Waals surface area contributed by atoms with E-state index in [2.05, 4.69) is 23.3 Å². The third-order valence-corrected chi connectivity index (χ3v) is 3.50. The molecule has 0 spiro atoms. The summed E-state index contributed by atoms with van der Waals surface area (Å²) in [5.74, 6) is 0.861. The highest BCUT2D eigenvalue weighted by Crippen LogP contribution is 2.19. The zero-order chi connectivity index (χ0) is 14.4. The predicted octanol–water partition coefficient (Wildman–Crippen LogP) is 3.56. The van der Waals surface area contributed by atoms with E-state index in [1.165, 1.54) is 16.9 Å². The van der Waals surface area contributed by atoms with Gasteiger partial charge >= 0.3 is 0 Å². The second-order valence-electron chi connectivity index (χ2n) is 4.61. The zero-order valence-electron chi connectivity index (χ0n) is 11.7. The van der Waals surface area contributed by atoms with Crippen LogP contribution in [-0.4, -0.2) is 17.5 Å². The van der Waals surface area contributed by atoms with Gasteiger partial charge in [0.1, 0.15) is 5.75 Å². The topological polar surface area (TPSA) is 51.2 Å². The number of benzene rings is 1. The molecule has 0 bridgehead atoms. The molecule has 0 radical (unpaired) electrons. The molecule has 4 nitrogen and oxygen atoms in total. The van der Waals surface area contributed by atoms with Crippen LogP contribution >= 0.6 is 11.3 Å². The Balaban J connectivity index is 1.69. The molecule has 1 aromatic heterocycles. The molecule has 1 amide bonds. The standard InChI is InChI=1S/C15H18N2O2S/c1-11-5-6-13(12(2)10-11)19-8-3-4-14(18)17-15-16-7-9-20-15/h5-7,9-10H,3-4,8H2,1-2H3,(H,16,17,18). The molecule has 1 N–H and O–H groups in total. The third-order valence-electron chi connectivity index (χ3n) is 2.81. The summed E-state index contributed by atoms with van der Waals surface area (Å²) in [5.41, 5.74) is 2.34. The van der Waals surface area contributed by atoms with E-state index in [0.717, 1.165) is 11.3 Å². The van der Waals surface area contributed by atoms with Crippen LogP contribution in [0.3, 0.4) is 0 Å². The van der Waals surface area contributed by atoms with Gasteiger partial charge in [0, 0.05) is 18.0 Å². The molecule has 2 aromatic rings. The van der Waals surface area contributed by atoms with Crippen molar-refractivity contribution < 1.29 is 9.53 Å². The number of nitrogens with one attached hydrogen (secondary N) is 1. The summed E-state index contributed by atoms with van der Waals surface area (Å²) in [6, 6.07) is 6.09. The van der Waals surface area contributed by atoms with Gasteiger partial charge in [0.15, 0.2) is 5.13 Å². The van der Waals surface area contributed by atoms with Crippen molar-refractivity contribution in [3.8, 4) is 5.75 Å². The molecular formula is C15H18N2O2S. The summed E-state index contributed by atoms with van der Waals surface area (Å²) in [6.45, 7) is 4.62. The van der Waals surface area contributed by atoms with Crippen molar-refractivity contribution in [1.29, 1.82) is 0 Å². The maximum atomic E-state index is 11.6. The number of thiazole rings is 1. The number of carbonyl (C=O) groups excluding carboxylic acids is 1. The number of amides is 1. The first kappa shape index (κ1) is 14.5. The van der Waals surface area contributed by atoms with Gasteiger partial charge in [0.25, 0.3) is 0 Å². The van der Waals surface area contributed by atoms with E-state index in [4.69, 9.17) is 4.74 Å². The van der Waals surface area contributed by atoms with Gasteiger partial charge in [-0.1, -0.05) is 17.7 Å². The second kappa shape index (κ2) is 7.05. The fourth-order valence-electron chi connectivity index (χ4n) is 1.84. The number of anilines is 1. The average Bonchev–Trinajstić information content (AvgIpc) is 2.89. The highest BCUT2D eigenvalue weighted by molar-refractivity contribution is 7.13. The Morgan fingerprint density at radius 1 is 1.40 bits per heavy atom. The van der Waals surface area contributed by atoms with E-state index < -0.39 is 0 Å². The molecule has 20 heavy (non-hydrogen) atoms. The Bertz CT molecular complexity index is 567. The number of rotatable bonds is 6. The van der Waals surface area contributed by atoms with Crippen molar-refractivity contribution in [3.63, 3.8) is 0 Å². The van der Waals surface area contributed by atoms with Crippen LogP contribution in [0.5, 0.6) is 5.75 Å². The first-order chi connectivity index (χ1) is 9.65. The molecule has 0 unspecified atom stereocenters.